The average Bonchev–Trinajstić information content (AvgIpc) is 3.53. The van der Waals surface area contributed by atoms with Crippen molar-refractivity contribution in [3.05, 3.63) is 63.3 Å². The molecule has 3 aromatic rings. The number of ether oxygens (including phenoxy) is 2. The number of benzene rings is 1. The highest BCUT2D eigenvalue weighted by molar-refractivity contribution is 7.99. The molecule has 0 amide bonds. The third kappa shape index (κ3) is 5.42. The number of carbonyl (C=O) groups excluding carboxylic acids is 1. The number of aromatic amines is 1. The summed E-state index contributed by atoms with van der Waals surface area (Å²) < 4.78 is 14.6. The molecule has 1 N–H and O–H groups in total. The predicted octanol–water partition coefficient (Wildman–Crippen LogP) is 3.40. The normalized spacial score (nSPS) is 15.8. The van der Waals surface area contributed by atoms with Crippen molar-refractivity contribution in [1.82, 2.24) is 19.3 Å². The second kappa shape index (κ2) is 10.4. The Balaban J connectivity index is 1.39. The van der Waals surface area contributed by atoms with Gasteiger partial charge in [-0.3, -0.25) is 9.36 Å². The minimum atomic E-state index is -0.267. The fraction of sp³-hybridized carbons (Fsp3) is 0.458. The van der Waals surface area contributed by atoms with Crippen LogP contribution in [0.5, 0.6) is 5.75 Å². The second-order valence-electron chi connectivity index (χ2n) is 8.30. The molecule has 1 fully saturated rings. The van der Waals surface area contributed by atoms with E-state index in [1.807, 2.05) is 32.0 Å². The first-order chi connectivity index (χ1) is 16.0. The smallest absolute Gasteiger partial charge is 0.344 e. The van der Waals surface area contributed by atoms with Crippen LogP contribution in [0.2, 0.25) is 0 Å². The van der Waals surface area contributed by atoms with Crippen LogP contribution in [0.15, 0.2) is 40.3 Å². The quantitative estimate of drug-likeness (QED) is 0.361. The van der Waals surface area contributed by atoms with Crippen LogP contribution in [0.4, 0.5) is 0 Å². The molecule has 1 atom stereocenters. The van der Waals surface area contributed by atoms with Gasteiger partial charge >= 0.3 is 5.69 Å². The minimum Gasteiger partial charge on any atom is -0.497 e. The van der Waals surface area contributed by atoms with Crippen LogP contribution in [0.25, 0.3) is 0 Å². The summed E-state index contributed by atoms with van der Waals surface area (Å²) in [5.41, 5.74) is 3.69. The summed E-state index contributed by atoms with van der Waals surface area (Å²) in [7, 11) is 1.66. The van der Waals surface area contributed by atoms with Gasteiger partial charge < -0.3 is 14.0 Å². The number of methoxy groups -OCH3 is 1. The Bertz CT molecular complexity index is 1160. The van der Waals surface area contributed by atoms with Crippen molar-refractivity contribution in [1.29, 1.82) is 0 Å². The van der Waals surface area contributed by atoms with E-state index in [-0.39, 0.29) is 23.3 Å². The highest BCUT2D eigenvalue weighted by Gasteiger charge is 2.21. The molecule has 1 unspecified atom stereocenters. The molecule has 1 aliphatic heterocycles. The average molecular weight is 471 g/mol. The summed E-state index contributed by atoms with van der Waals surface area (Å²) >= 11 is 1.29. The Kier molecular flexibility index (Phi) is 7.39. The van der Waals surface area contributed by atoms with Crippen LogP contribution in [-0.4, -0.2) is 50.7 Å². The highest BCUT2D eigenvalue weighted by Crippen LogP contribution is 2.22. The number of nitrogens with one attached hydrogen (secondary N) is 1. The van der Waals surface area contributed by atoms with E-state index in [4.69, 9.17) is 9.47 Å². The van der Waals surface area contributed by atoms with Crippen LogP contribution in [-0.2, 0) is 24.2 Å². The maximum absolute atomic E-state index is 13.0. The van der Waals surface area contributed by atoms with Gasteiger partial charge in [0.15, 0.2) is 10.9 Å². The molecule has 0 bridgehead atoms. The zero-order chi connectivity index (χ0) is 23.4. The van der Waals surface area contributed by atoms with Crippen molar-refractivity contribution >= 4 is 17.5 Å². The lowest BCUT2D eigenvalue weighted by Crippen LogP contribution is -2.25. The summed E-state index contributed by atoms with van der Waals surface area (Å²) in [4.78, 5) is 25.2. The van der Waals surface area contributed by atoms with Gasteiger partial charge in [0.25, 0.3) is 0 Å². The van der Waals surface area contributed by atoms with Crippen molar-refractivity contribution in [2.75, 3.05) is 19.5 Å². The van der Waals surface area contributed by atoms with E-state index in [0.29, 0.717) is 11.7 Å². The van der Waals surface area contributed by atoms with Crippen LogP contribution in [0.3, 0.4) is 0 Å². The third-order valence-electron chi connectivity index (χ3n) is 6.12. The van der Waals surface area contributed by atoms with Crippen molar-refractivity contribution < 1.29 is 14.3 Å². The molecule has 1 saturated heterocycles. The first-order valence-corrected chi connectivity index (χ1v) is 12.2. The molecule has 0 radical (unpaired) electrons. The monoisotopic (exact) mass is 470 g/mol. The van der Waals surface area contributed by atoms with E-state index in [1.165, 1.54) is 17.3 Å². The van der Waals surface area contributed by atoms with Crippen LogP contribution in [0.1, 0.15) is 40.2 Å². The highest BCUT2D eigenvalue weighted by atomic mass is 32.2. The van der Waals surface area contributed by atoms with Gasteiger partial charge in [-0.25, -0.2) is 9.89 Å². The van der Waals surface area contributed by atoms with Crippen molar-refractivity contribution in [2.45, 2.75) is 57.5 Å². The lowest BCUT2D eigenvalue weighted by atomic mass is 10.1. The van der Waals surface area contributed by atoms with Gasteiger partial charge in [-0.05, 0) is 56.9 Å². The number of hydrogen-bond acceptors (Lipinski definition) is 6. The number of carbonyl (C=O) groups is 1. The number of ketones is 1. The van der Waals surface area contributed by atoms with E-state index in [2.05, 4.69) is 26.9 Å². The number of H-pyrrole nitrogens is 1. The molecule has 2 aromatic heterocycles. The molecule has 0 spiro atoms. The topological polar surface area (TPSA) is 91.1 Å². The lowest BCUT2D eigenvalue weighted by Gasteiger charge is -2.11. The Morgan fingerprint density at radius 3 is 2.76 bits per heavy atom. The number of aryl methyl sites for hydroxylation is 2. The van der Waals surface area contributed by atoms with Crippen LogP contribution >= 0.6 is 11.8 Å². The molecule has 3 heterocycles. The molecule has 0 aliphatic carbocycles. The number of Topliss-reactive ketones (excluding diaryl/α,β-unsaturated/α-hetero) is 1. The molecule has 33 heavy (non-hydrogen) atoms. The van der Waals surface area contributed by atoms with E-state index in [0.717, 1.165) is 55.1 Å². The molecule has 8 nitrogen and oxygen atoms in total. The maximum atomic E-state index is 13.0. The standard InChI is InChI=1S/C24H30N4O4S/c1-16-13-21(17(2)27(16)11-10-18-6-8-19(31-3)9-7-18)22(29)15-33-24-26-25-23(30)28(24)14-20-5-4-12-32-20/h6-9,13,20H,4-5,10-12,14-15H2,1-3H3,(H,25,30). The number of thioether (sulfide) groups is 1. The molecule has 1 aliphatic rings. The Hall–Kier alpha value is -2.78. The number of hydrogen-bond donors (Lipinski definition) is 1. The van der Waals surface area contributed by atoms with Gasteiger partial charge in [-0.15, -0.1) is 5.10 Å². The van der Waals surface area contributed by atoms with E-state index >= 15 is 0 Å². The van der Waals surface area contributed by atoms with Gasteiger partial charge in [0.1, 0.15) is 5.75 Å². The number of aromatic nitrogens is 4. The molecule has 9 heteroatoms. The Labute approximate surface area is 197 Å². The SMILES string of the molecule is COc1ccc(CCn2c(C)cc(C(=O)CSc3n[nH]c(=O)n3CC3CCCO3)c2C)cc1. The molecule has 176 valence electrons. The molecule has 0 saturated carbocycles. The molecular weight excluding hydrogens is 440 g/mol. The Morgan fingerprint density at radius 2 is 2.06 bits per heavy atom. The van der Waals surface area contributed by atoms with Gasteiger partial charge in [-0.2, -0.15) is 0 Å². The van der Waals surface area contributed by atoms with E-state index in [1.54, 1.807) is 11.7 Å². The van der Waals surface area contributed by atoms with E-state index in [9.17, 15) is 9.59 Å². The Morgan fingerprint density at radius 1 is 1.27 bits per heavy atom. The van der Waals surface area contributed by atoms with E-state index < -0.39 is 0 Å². The maximum Gasteiger partial charge on any atom is 0.344 e. The number of rotatable bonds is 10. The first-order valence-electron chi connectivity index (χ1n) is 11.2. The molecular formula is C24H30N4O4S. The first kappa shape index (κ1) is 23.4. The largest absolute Gasteiger partial charge is 0.497 e. The third-order valence-corrected chi connectivity index (χ3v) is 7.10. The van der Waals surface area contributed by atoms with Crippen molar-refractivity contribution in [3.63, 3.8) is 0 Å². The minimum absolute atomic E-state index is 0.0278. The van der Waals surface area contributed by atoms with Crippen LogP contribution in [0, 0.1) is 13.8 Å². The summed E-state index contributed by atoms with van der Waals surface area (Å²) in [5, 5.41) is 7.13. The summed E-state index contributed by atoms with van der Waals surface area (Å²) in [5.74, 6) is 1.09. The number of nitrogens with zero attached hydrogens (tertiary/aromatic N) is 3. The molecule has 1 aromatic carbocycles. The lowest BCUT2D eigenvalue weighted by molar-refractivity contribution is 0.0941. The van der Waals surface area contributed by atoms with Gasteiger partial charge in [0.2, 0.25) is 0 Å². The van der Waals surface area contributed by atoms with Gasteiger partial charge in [0.05, 0.1) is 25.5 Å². The predicted molar refractivity (Wildman–Crippen MR) is 127 cm³/mol. The fourth-order valence-electron chi connectivity index (χ4n) is 4.23. The van der Waals surface area contributed by atoms with Gasteiger partial charge in [-0.1, -0.05) is 23.9 Å². The molecule has 4 rings (SSSR count). The fourth-order valence-corrected chi connectivity index (χ4v) is 5.07. The van der Waals surface area contributed by atoms with Crippen LogP contribution < -0.4 is 10.4 Å². The second-order valence-corrected chi connectivity index (χ2v) is 9.25. The summed E-state index contributed by atoms with van der Waals surface area (Å²) in [6.07, 6.45) is 2.83. The van der Waals surface area contributed by atoms with Crippen molar-refractivity contribution in [2.24, 2.45) is 0 Å². The van der Waals surface area contributed by atoms with Crippen molar-refractivity contribution in [3.8, 4) is 5.75 Å². The van der Waals surface area contributed by atoms with Gasteiger partial charge in [0, 0.05) is 30.1 Å². The zero-order valence-corrected chi connectivity index (χ0v) is 20.1. The zero-order valence-electron chi connectivity index (χ0n) is 19.3. The summed E-state index contributed by atoms with van der Waals surface area (Å²) in [6.45, 7) is 6.00. The summed E-state index contributed by atoms with van der Waals surface area (Å²) in [6, 6.07) is 10.0.